The molecule has 0 spiro atoms. The van der Waals surface area contributed by atoms with Crippen LogP contribution in [-0.2, 0) is 76.0 Å². The van der Waals surface area contributed by atoms with Crippen LogP contribution in [0.5, 0.6) is 23.0 Å². The van der Waals surface area contributed by atoms with Crippen LogP contribution >= 0.6 is 0 Å². The SMILES string of the molecule is C#Cc1cccc2c1C(=O)N(C1CCC(=O)N(C)C1=O)C2=O.C#Cc1cccc2c1C(=O)N(C1CCC(=O)NC1=O)C2=O.COc1cc([C@@H](CC(C)=O)c2ccc(C)c(CN3C[C@@H](C)Oc4cc(C)ccc4S3(=O)=O)c2)cc2nnn(C)c12.COc1cc([C@@H](CC(C)=O)c2ccc(C)c(CN3C[C@@H](C)Oc4cc(C)ccc4S3(=O)=O)c2)cc2nnn(C)c12. The molecule has 32 heteroatoms. The molecule has 2 fully saturated rings. The van der Waals surface area contributed by atoms with E-state index in [1.54, 1.807) is 112 Å². The van der Waals surface area contributed by atoms with E-state index in [4.69, 9.17) is 31.8 Å². The summed E-state index contributed by atoms with van der Waals surface area (Å²) >= 11 is 0. The monoisotopic (exact) mass is 1700 g/mol. The van der Waals surface area contributed by atoms with Gasteiger partial charge in [-0.25, -0.2) is 26.2 Å². The van der Waals surface area contributed by atoms with Crippen molar-refractivity contribution in [3.63, 3.8) is 0 Å². The summed E-state index contributed by atoms with van der Waals surface area (Å²) in [6.07, 6.45) is 11.1. The third kappa shape index (κ3) is 17.4. The van der Waals surface area contributed by atoms with Crippen LogP contribution in [0.3, 0.4) is 0 Å². The van der Waals surface area contributed by atoms with Crippen molar-refractivity contribution in [1.29, 1.82) is 0 Å². The number of ketones is 2. The number of terminal acetylenes is 2. The Morgan fingerprint density at radius 3 is 1.37 bits per heavy atom. The van der Waals surface area contributed by atoms with Crippen LogP contribution in [0, 0.1) is 52.4 Å². The van der Waals surface area contributed by atoms with Gasteiger partial charge >= 0.3 is 0 Å². The molecule has 0 aliphatic carbocycles. The predicted molar refractivity (Wildman–Crippen MR) is 451 cm³/mol. The van der Waals surface area contributed by atoms with E-state index in [1.165, 1.54) is 27.8 Å². The summed E-state index contributed by atoms with van der Waals surface area (Å²) in [5.74, 6) is 2.13. The lowest BCUT2D eigenvalue weighted by atomic mass is 9.85. The highest BCUT2D eigenvalue weighted by molar-refractivity contribution is 7.89. The molecule has 634 valence electrons. The highest BCUT2D eigenvalue weighted by Gasteiger charge is 2.49. The normalized spacial score (nSPS) is 18.8. The summed E-state index contributed by atoms with van der Waals surface area (Å²) in [6.45, 7) is 15.5. The Morgan fingerprint density at radius 1 is 0.537 bits per heavy atom. The van der Waals surface area contributed by atoms with Crippen molar-refractivity contribution in [2.75, 3.05) is 34.4 Å². The smallest absolute Gasteiger partial charge is 0.263 e. The molecule has 6 atom stereocenters. The molecule has 8 aromatic carbocycles. The molecule has 10 aromatic rings. The van der Waals surface area contributed by atoms with Gasteiger partial charge < -0.3 is 18.9 Å². The number of Topliss-reactive ketones (excluding diaryl/α,β-unsaturated/α-hetero) is 2. The first-order valence-corrected chi connectivity index (χ1v) is 42.4. The number of piperidine rings is 2. The fourth-order valence-electron chi connectivity index (χ4n) is 16.2. The van der Waals surface area contributed by atoms with Crippen LogP contribution < -0.4 is 24.3 Å². The van der Waals surface area contributed by atoms with Gasteiger partial charge in [-0.1, -0.05) is 82.9 Å². The summed E-state index contributed by atoms with van der Waals surface area (Å²) in [5.41, 5.74) is 13.4. The molecule has 8 amide bonds. The van der Waals surface area contributed by atoms with Crippen LogP contribution in [-0.4, -0.2) is 188 Å². The molecule has 0 radical (unpaired) electrons. The summed E-state index contributed by atoms with van der Waals surface area (Å²) < 4.78 is 84.6. The maximum Gasteiger partial charge on any atom is 0.263 e. The van der Waals surface area contributed by atoms with E-state index >= 15 is 0 Å². The van der Waals surface area contributed by atoms with Gasteiger partial charge in [-0.05, 0) is 197 Å². The number of aromatic nitrogens is 6. The van der Waals surface area contributed by atoms with Crippen LogP contribution in [0.25, 0.3) is 22.1 Å². The molecule has 2 aromatic heterocycles. The van der Waals surface area contributed by atoms with Gasteiger partial charge in [0.2, 0.25) is 37.8 Å². The van der Waals surface area contributed by atoms with E-state index in [9.17, 15) is 64.8 Å². The minimum atomic E-state index is -3.80. The number of likely N-dealkylation sites (N-methyl/N-ethyl adjacent to an activating group) is 1. The molecule has 8 heterocycles. The van der Waals surface area contributed by atoms with E-state index < -0.39 is 73.5 Å². The standard InChI is InChI=1S/2C30H34N4O5S.C16H12N2O4.C15H10N2O4/c2*1-18-7-10-29-27(11-18)39-21(4)16-34(40(29,36)37)17-24-13-22(9-8-19(24)2)25(12-20(3)35)23-14-26-30(28(15-23)38-6)33(5)32-31-26;1-3-9-5-4-6-10-13(9)16(22)18(14(10)20)11-7-8-12(19)17(2)15(11)21;1-2-8-4-3-5-9-12(8)15(21)17(14(9)20)10-6-7-11(18)16-13(10)19/h2*7-11,13-15,21,25H,12,16-17H2,1-6H3;1,4-6,11H,7-8H2,2H3;1,3-5,10H,6-7H2,(H,16,18,19)/t2*21-,25+;;/m11../s1. The Hall–Kier alpha value is -13.4. The van der Waals surface area contributed by atoms with E-state index in [0.717, 1.165) is 81.4 Å². The van der Waals surface area contributed by atoms with Crippen molar-refractivity contribution in [2.45, 2.75) is 153 Å². The number of ether oxygens (including phenoxy) is 4. The van der Waals surface area contributed by atoms with E-state index in [1.807, 2.05) is 102 Å². The number of aryl methyl sites for hydroxylation is 6. The second-order valence-electron chi connectivity index (χ2n) is 31.3. The summed E-state index contributed by atoms with van der Waals surface area (Å²) in [6, 6.07) is 37.5. The van der Waals surface area contributed by atoms with Crippen molar-refractivity contribution in [1.82, 2.24) is 58.6 Å². The number of nitrogens with one attached hydrogen (secondary N) is 1. The lowest BCUT2D eigenvalue weighted by molar-refractivity contribution is -0.149. The molecule has 0 saturated carbocycles. The number of rotatable bonds is 16. The minimum Gasteiger partial charge on any atom is -0.494 e. The molecular weight excluding hydrogens is 1610 g/mol. The number of hydrogen-bond acceptors (Lipinski definition) is 22. The van der Waals surface area contributed by atoms with Gasteiger partial charge in [-0.2, -0.15) is 8.61 Å². The molecule has 16 rings (SSSR count). The summed E-state index contributed by atoms with van der Waals surface area (Å²) in [5, 5.41) is 18.9. The second-order valence-corrected chi connectivity index (χ2v) is 35.1. The van der Waals surface area contributed by atoms with Gasteiger partial charge in [0, 0.05) is 82.9 Å². The first-order chi connectivity index (χ1) is 58.5. The van der Waals surface area contributed by atoms with Gasteiger partial charge in [0.25, 0.3) is 29.5 Å². The van der Waals surface area contributed by atoms with Crippen LogP contribution in [0.4, 0.5) is 0 Å². The largest absolute Gasteiger partial charge is 0.494 e. The average Bonchev–Trinajstić information content (AvgIpc) is 1.55. The van der Waals surface area contributed by atoms with Gasteiger partial charge in [0.15, 0.2) is 0 Å². The maximum absolute atomic E-state index is 13.8. The van der Waals surface area contributed by atoms with Gasteiger partial charge in [0.05, 0.1) is 49.6 Å². The van der Waals surface area contributed by atoms with Crippen molar-refractivity contribution < 1.29 is 83.7 Å². The zero-order valence-electron chi connectivity index (χ0n) is 70.0. The van der Waals surface area contributed by atoms with Gasteiger partial charge in [0.1, 0.15) is 90.7 Å². The molecule has 123 heavy (non-hydrogen) atoms. The molecule has 6 aliphatic rings. The number of benzene rings is 8. The van der Waals surface area contributed by atoms with E-state index in [-0.39, 0.29) is 138 Å². The number of nitrogens with zero attached hydrogens (tertiary/aromatic N) is 11. The second kappa shape index (κ2) is 35.3. The van der Waals surface area contributed by atoms with Gasteiger partial charge in [-0.3, -0.25) is 68.0 Å². The first kappa shape index (κ1) is 87.4. The molecule has 30 nitrogen and oxygen atoms in total. The Labute approximate surface area is 710 Å². The first-order valence-electron chi connectivity index (χ1n) is 39.5. The number of sulfonamides is 2. The number of fused-ring (bicyclic) bond motifs is 6. The fourth-order valence-corrected chi connectivity index (χ4v) is 19.4. The Morgan fingerprint density at radius 2 is 0.959 bits per heavy atom. The Balaban J connectivity index is 0.000000147. The zero-order valence-corrected chi connectivity index (χ0v) is 71.6. The van der Waals surface area contributed by atoms with E-state index in [2.05, 4.69) is 37.8 Å². The van der Waals surface area contributed by atoms with Crippen LogP contribution in [0.1, 0.15) is 186 Å². The summed E-state index contributed by atoms with van der Waals surface area (Å²) in [7, 11) is 0.557. The minimum absolute atomic E-state index is 0.0401. The number of likely N-dealkylation sites (tertiary alicyclic amines) is 1. The number of carbonyl (C=O) groups is 10. The highest BCUT2D eigenvalue weighted by Crippen LogP contribution is 2.42. The van der Waals surface area contributed by atoms with Gasteiger partial charge in [-0.15, -0.1) is 23.0 Å². The number of amides is 8. The molecule has 2 saturated heterocycles. The molecule has 2 unspecified atom stereocenters. The molecule has 0 bridgehead atoms. The van der Waals surface area contributed by atoms with Crippen molar-refractivity contribution in [3.05, 3.63) is 222 Å². The van der Waals surface area contributed by atoms with Crippen LogP contribution in [0.15, 0.2) is 143 Å². The number of carbonyl (C=O) groups excluding carboxylic acids is 10. The fraction of sp³-hybridized carbons (Fsp3) is 0.319. The Kier molecular flexibility index (Phi) is 25.1. The quantitative estimate of drug-likeness (QED) is 0.0694. The number of imide groups is 4. The average molecular weight is 1700 g/mol. The molecule has 1 N–H and O–H groups in total. The predicted octanol–water partition coefficient (Wildman–Crippen LogP) is 9.83. The lowest BCUT2D eigenvalue weighted by Gasteiger charge is -2.32. The zero-order chi connectivity index (χ0) is 88.7. The highest BCUT2D eigenvalue weighted by atomic mass is 32.2. The lowest BCUT2D eigenvalue weighted by Crippen LogP contribution is -2.54. The third-order valence-electron chi connectivity index (χ3n) is 22.5. The Bertz CT molecular complexity index is 6170. The number of hydrogen-bond donors (Lipinski definition) is 1. The molecule has 6 aliphatic heterocycles. The van der Waals surface area contributed by atoms with Crippen LogP contribution in [0.2, 0.25) is 0 Å². The maximum atomic E-state index is 13.8. The third-order valence-corrected chi connectivity index (χ3v) is 26.2. The molecular formula is C91H90N12O18S2. The van der Waals surface area contributed by atoms with Crippen molar-refractivity contribution in [2.24, 2.45) is 14.1 Å². The topological polar surface area (TPSA) is 366 Å². The van der Waals surface area contributed by atoms with Crippen molar-refractivity contribution >= 4 is 101 Å². The van der Waals surface area contributed by atoms with Crippen molar-refractivity contribution in [3.8, 4) is 47.7 Å². The summed E-state index contributed by atoms with van der Waals surface area (Å²) in [4.78, 5) is 125. The van der Waals surface area contributed by atoms with E-state index in [0.29, 0.717) is 45.2 Å². The number of methoxy groups -OCH3 is 2.